The average Bonchev–Trinajstić information content (AvgIpc) is 2.93. The van der Waals surface area contributed by atoms with Crippen LogP contribution in [0.15, 0.2) is 41.9 Å². The maximum atomic E-state index is 6.21. The van der Waals surface area contributed by atoms with Crippen molar-refractivity contribution in [2.45, 2.75) is 6.04 Å². The molecule has 0 aliphatic rings. The minimum Gasteiger partial charge on any atom is -0.374 e. The van der Waals surface area contributed by atoms with Crippen molar-refractivity contribution < 1.29 is 0 Å². The molecular formula is C15H13Cl2N3S. The van der Waals surface area contributed by atoms with E-state index >= 15 is 0 Å². The number of pyridine rings is 1. The molecule has 6 heteroatoms. The van der Waals surface area contributed by atoms with Crippen molar-refractivity contribution in [3.8, 4) is 0 Å². The van der Waals surface area contributed by atoms with Crippen LogP contribution in [0.5, 0.6) is 0 Å². The molecule has 3 aromatic rings. The molecule has 0 fully saturated rings. The Balaban J connectivity index is 1.99. The fourth-order valence-electron chi connectivity index (χ4n) is 2.20. The summed E-state index contributed by atoms with van der Waals surface area (Å²) in [7, 11) is 0. The Hall–Kier alpha value is -1.33. The first-order valence-corrected chi connectivity index (χ1v) is 8.06. The highest BCUT2D eigenvalue weighted by molar-refractivity contribution is 7.10. The molecule has 1 aromatic carbocycles. The summed E-state index contributed by atoms with van der Waals surface area (Å²) in [5, 5.41) is 7.67. The molecule has 0 amide bonds. The zero-order valence-corrected chi connectivity index (χ0v) is 13.3. The van der Waals surface area contributed by atoms with Gasteiger partial charge in [-0.3, -0.25) is 4.98 Å². The predicted molar refractivity (Wildman–Crippen MR) is 91.5 cm³/mol. The van der Waals surface area contributed by atoms with E-state index < -0.39 is 0 Å². The molecule has 2 aromatic heterocycles. The molecule has 3 rings (SSSR count). The lowest BCUT2D eigenvalue weighted by Crippen LogP contribution is -2.19. The fraction of sp³-hybridized carbons (Fsp3) is 0.133. The molecular weight excluding hydrogens is 325 g/mol. The molecule has 0 aliphatic carbocycles. The van der Waals surface area contributed by atoms with E-state index in [-0.39, 0.29) is 6.04 Å². The van der Waals surface area contributed by atoms with Crippen LogP contribution >= 0.6 is 34.5 Å². The Morgan fingerprint density at radius 1 is 1.29 bits per heavy atom. The summed E-state index contributed by atoms with van der Waals surface area (Å²) in [5.74, 6) is 0. The highest BCUT2D eigenvalue weighted by Crippen LogP contribution is 2.32. The van der Waals surface area contributed by atoms with Crippen LogP contribution in [-0.2, 0) is 0 Å². The largest absolute Gasteiger partial charge is 0.374 e. The number of benzene rings is 1. The summed E-state index contributed by atoms with van der Waals surface area (Å²) in [4.78, 5) is 5.52. The highest BCUT2D eigenvalue weighted by atomic mass is 35.5. The van der Waals surface area contributed by atoms with Gasteiger partial charge in [0.15, 0.2) is 0 Å². The van der Waals surface area contributed by atoms with Gasteiger partial charge in [0.2, 0.25) is 0 Å². The van der Waals surface area contributed by atoms with Crippen molar-refractivity contribution >= 4 is 51.1 Å². The Kier molecular flexibility index (Phi) is 4.31. The van der Waals surface area contributed by atoms with Crippen LogP contribution < -0.4 is 11.1 Å². The Morgan fingerprint density at radius 3 is 2.86 bits per heavy atom. The number of aromatic nitrogens is 1. The van der Waals surface area contributed by atoms with E-state index in [9.17, 15) is 0 Å². The second kappa shape index (κ2) is 6.20. The zero-order chi connectivity index (χ0) is 14.8. The molecule has 0 saturated heterocycles. The van der Waals surface area contributed by atoms with Gasteiger partial charge in [-0.15, -0.1) is 11.3 Å². The molecule has 1 atom stereocenters. The van der Waals surface area contributed by atoms with Crippen molar-refractivity contribution in [3.63, 3.8) is 0 Å². The Labute approximate surface area is 136 Å². The molecule has 3 nitrogen and oxygen atoms in total. The van der Waals surface area contributed by atoms with Crippen molar-refractivity contribution in [3.05, 3.63) is 56.8 Å². The molecule has 21 heavy (non-hydrogen) atoms. The summed E-state index contributed by atoms with van der Waals surface area (Å²) < 4.78 is 0. The van der Waals surface area contributed by atoms with E-state index in [1.807, 2.05) is 35.7 Å². The Bertz CT molecular complexity index is 772. The van der Waals surface area contributed by atoms with Crippen LogP contribution in [0.25, 0.3) is 10.9 Å². The first kappa shape index (κ1) is 14.6. The smallest absolute Gasteiger partial charge is 0.0948 e. The van der Waals surface area contributed by atoms with E-state index in [2.05, 4.69) is 10.3 Å². The molecule has 108 valence electrons. The van der Waals surface area contributed by atoms with Crippen molar-refractivity contribution in [2.75, 3.05) is 11.9 Å². The first-order chi connectivity index (χ1) is 10.2. The van der Waals surface area contributed by atoms with Crippen LogP contribution in [0.3, 0.4) is 0 Å². The molecule has 2 heterocycles. The minimum absolute atomic E-state index is 0.00567. The number of fused-ring (bicyclic) bond motifs is 1. The van der Waals surface area contributed by atoms with E-state index in [4.69, 9.17) is 28.9 Å². The molecule has 0 bridgehead atoms. The van der Waals surface area contributed by atoms with Crippen LogP contribution in [-0.4, -0.2) is 11.5 Å². The average molecular weight is 338 g/mol. The molecule has 0 radical (unpaired) electrons. The van der Waals surface area contributed by atoms with Crippen molar-refractivity contribution in [1.29, 1.82) is 0 Å². The van der Waals surface area contributed by atoms with E-state index in [1.54, 1.807) is 17.5 Å². The number of nitrogens with two attached hydrogens (primary N) is 1. The standard InChI is InChI=1S/C15H13Cl2N3S/c16-9-6-14(21-8-9)13(7-18)20-12-4-3-11(17)10-2-1-5-19-15(10)12/h1-6,8,13,20H,7,18H2. The molecule has 0 saturated carbocycles. The van der Waals surface area contributed by atoms with Gasteiger partial charge in [0.05, 0.1) is 27.3 Å². The molecule has 1 unspecified atom stereocenters. The monoisotopic (exact) mass is 337 g/mol. The van der Waals surface area contributed by atoms with Gasteiger partial charge in [-0.05, 0) is 30.3 Å². The third kappa shape index (κ3) is 2.99. The van der Waals surface area contributed by atoms with Gasteiger partial charge in [0.1, 0.15) is 0 Å². The van der Waals surface area contributed by atoms with Gasteiger partial charge in [-0.2, -0.15) is 0 Å². The second-order valence-corrected chi connectivity index (χ2v) is 6.38. The normalized spacial score (nSPS) is 12.5. The maximum Gasteiger partial charge on any atom is 0.0948 e. The van der Waals surface area contributed by atoms with E-state index in [0.717, 1.165) is 26.5 Å². The summed E-state index contributed by atoms with van der Waals surface area (Å²) in [6.45, 7) is 0.466. The summed E-state index contributed by atoms with van der Waals surface area (Å²) in [5.41, 5.74) is 7.64. The Morgan fingerprint density at radius 2 is 2.14 bits per heavy atom. The number of hydrogen-bond acceptors (Lipinski definition) is 4. The third-order valence-corrected chi connectivity index (χ3v) is 4.94. The molecule has 3 N–H and O–H groups in total. The summed E-state index contributed by atoms with van der Waals surface area (Å²) >= 11 is 13.8. The minimum atomic E-state index is -0.00567. The van der Waals surface area contributed by atoms with E-state index in [0.29, 0.717) is 11.6 Å². The highest BCUT2D eigenvalue weighted by Gasteiger charge is 2.14. The third-order valence-electron chi connectivity index (χ3n) is 3.21. The quantitative estimate of drug-likeness (QED) is 0.724. The van der Waals surface area contributed by atoms with Crippen LogP contribution in [0.4, 0.5) is 5.69 Å². The zero-order valence-electron chi connectivity index (χ0n) is 11.0. The van der Waals surface area contributed by atoms with Gasteiger partial charge in [0, 0.05) is 28.4 Å². The summed E-state index contributed by atoms with van der Waals surface area (Å²) in [6, 6.07) is 9.54. The van der Waals surface area contributed by atoms with Gasteiger partial charge in [-0.25, -0.2) is 0 Å². The van der Waals surface area contributed by atoms with Crippen LogP contribution in [0, 0.1) is 0 Å². The van der Waals surface area contributed by atoms with Crippen LogP contribution in [0.1, 0.15) is 10.9 Å². The van der Waals surface area contributed by atoms with Gasteiger partial charge < -0.3 is 11.1 Å². The number of halogens is 2. The predicted octanol–water partition coefficient (Wildman–Crippen LogP) is 4.72. The van der Waals surface area contributed by atoms with Crippen molar-refractivity contribution in [1.82, 2.24) is 4.98 Å². The molecule has 0 spiro atoms. The number of anilines is 1. The number of hydrogen-bond donors (Lipinski definition) is 2. The lowest BCUT2D eigenvalue weighted by Gasteiger charge is -2.18. The lowest BCUT2D eigenvalue weighted by molar-refractivity contribution is 0.807. The number of thiophene rings is 1. The van der Waals surface area contributed by atoms with Gasteiger partial charge >= 0.3 is 0 Å². The number of nitrogens with one attached hydrogen (secondary N) is 1. The van der Waals surface area contributed by atoms with Crippen molar-refractivity contribution in [2.24, 2.45) is 5.73 Å². The molecule has 0 aliphatic heterocycles. The van der Waals surface area contributed by atoms with Gasteiger partial charge in [-0.1, -0.05) is 23.2 Å². The number of rotatable bonds is 4. The lowest BCUT2D eigenvalue weighted by atomic mass is 10.1. The topological polar surface area (TPSA) is 50.9 Å². The van der Waals surface area contributed by atoms with Crippen LogP contribution in [0.2, 0.25) is 10.0 Å². The number of nitrogens with zero attached hydrogens (tertiary/aromatic N) is 1. The first-order valence-electron chi connectivity index (χ1n) is 6.43. The summed E-state index contributed by atoms with van der Waals surface area (Å²) in [6.07, 6.45) is 1.75. The maximum absolute atomic E-state index is 6.21. The van der Waals surface area contributed by atoms with Gasteiger partial charge in [0.25, 0.3) is 0 Å². The SMILES string of the molecule is NCC(Nc1ccc(Cl)c2cccnc12)c1cc(Cl)cs1. The second-order valence-electron chi connectivity index (χ2n) is 4.59. The van der Waals surface area contributed by atoms with E-state index in [1.165, 1.54) is 0 Å². The fourth-order valence-corrected chi connectivity index (χ4v) is 3.56.